The van der Waals surface area contributed by atoms with Gasteiger partial charge in [-0.05, 0) is 51.7 Å². The first-order valence-electron chi connectivity index (χ1n) is 10.2. The number of rotatable bonds is 6. The fraction of sp³-hybridized carbons (Fsp3) is 0.667. The van der Waals surface area contributed by atoms with Crippen molar-refractivity contribution < 1.29 is 4.74 Å². The van der Waals surface area contributed by atoms with Gasteiger partial charge in [0.2, 0.25) is 0 Å². The second-order valence-electron chi connectivity index (χ2n) is 7.25. The zero-order valence-electron chi connectivity index (χ0n) is 17.0. The van der Waals surface area contributed by atoms with Crippen molar-refractivity contribution in [3.05, 3.63) is 29.8 Å². The van der Waals surface area contributed by atoms with E-state index < -0.39 is 0 Å². The second kappa shape index (κ2) is 11.1. The highest BCUT2D eigenvalue weighted by atomic mass is 127. The van der Waals surface area contributed by atoms with Crippen LogP contribution in [0.5, 0.6) is 0 Å². The van der Waals surface area contributed by atoms with Gasteiger partial charge in [0.15, 0.2) is 5.96 Å². The van der Waals surface area contributed by atoms with Crippen LogP contribution in [-0.4, -0.2) is 62.3 Å². The lowest BCUT2D eigenvalue weighted by Gasteiger charge is -2.34. The standard InChI is InChI=1S/C21H34N4O.HI/c1-4-22-21(24-13-10-19(11-14-24)26-5-2)23-12-15-25-17(3)16-18-8-6-7-9-20(18)25;/h6-9,17,19H,4-5,10-16H2,1-3H3,(H,22,23);1H. The van der Waals surface area contributed by atoms with Gasteiger partial charge in [-0.15, -0.1) is 24.0 Å². The summed E-state index contributed by atoms with van der Waals surface area (Å²) in [5.74, 6) is 1.06. The maximum atomic E-state index is 5.77. The number of benzene rings is 1. The number of likely N-dealkylation sites (tertiary alicyclic amines) is 1. The number of hydrogen-bond acceptors (Lipinski definition) is 3. The van der Waals surface area contributed by atoms with E-state index in [2.05, 4.69) is 60.2 Å². The maximum Gasteiger partial charge on any atom is 0.193 e. The van der Waals surface area contributed by atoms with Gasteiger partial charge < -0.3 is 19.9 Å². The van der Waals surface area contributed by atoms with Crippen LogP contribution in [0.1, 0.15) is 39.2 Å². The van der Waals surface area contributed by atoms with Gasteiger partial charge in [0, 0.05) is 44.5 Å². The summed E-state index contributed by atoms with van der Waals surface area (Å²) in [5.41, 5.74) is 2.85. The van der Waals surface area contributed by atoms with Crippen molar-refractivity contribution in [1.29, 1.82) is 0 Å². The zero-order valence-corrected chi connectivity index (χ0v) is 19.3. The van der Waals surface area contributed by atoms with Crippen molar-refractivity contribution in [2.45, 2.75) is 52.2 Å². The number of fused-ring (bicyclic) bond motifs is 1. The number of anilines is 1. The first-order chi connectivity index (χ1) is 12.7. The number of hydrogen-bond donors (Lipinski definition) is 1. The number of nitrogens with zero attached hydrogens (tertiary/aromatic N) is 3. The summed E-state index contributed by atoms with van der Waals surface area (Å²) < 4.78 is 5.77. The molecule has 152 valence electrons. The highest BCUT2D eigenvalue weighted by molar-refractivity contribution is 14.0. The molecule has 1 atom stereocenters. The van der Waals surface area contributed by atoms with E-state index in [1.54, 1.807) is 0 Å². The van der Waals surface area contributed by atoms with Crippen LogP contribution in [0.3, 0.4) is 0 Å². The monoisotopic (exact) mass is 486 g/mol. The van der Waals surface area contributed by atoms with Crippen LogP contribution in [0.4, 0.5) is 5.69 Å². The average Bonchev–Trinajstić information content (AvgIpc) is 2.97. The molecule has 0 saturated carbocycles. The zero-order chi connectivity index (χ0) is 18.4. The van der Waals surface area contributed by atoms with E-state index in [4.69, 9.17) is 9.73 Å². The van der Waals surface area contributed by atoms with Crippen molar-refractivity contribution in [3.63, 3.8) is 0 Å². The number of nitrogens with one attached hydrogen (secondary N) is 1. The molecule has 1 N–H and O–H groups in total. The Labute approximate surface area is 181 Å². The molecule has 2 aliphatic rings. The molecule has 1 fully saturated rings. The van der Waals surface area contributed by atoms with Crippen molar-refractivity contribution in [2.75, 3.05) is 44.2 Å². The lowest BCUT2D eigenvalue weighted by atomic mass is 10.1. The molecule has 2 heterocycles. The molecule has 0 amide bonds. The Morgan fingerprint density at radius 1 is 1.22 bits per heavy atom. The quantitative estimate of drug-likeness (QED) is 0.380. The van der Waals surface area contributed by atoms with E-state index in [9.17, 15) is 0 Å². The van der Waals surface area contributed by atoms with Crippen LogP contribution in [-0.2, 0) is 11.2 Å². The van der Waals surface area contributed by atoms with Gasteiger partial charge in [0.05, 0.1) is 12.6 Å². The molecule has 3 rings (SSSR count). The fourth-order valence-electron chi connectivity index (χ4n) is 4.13. The van der Waals surface area contributed by atoms with E-state index in [-0.39, 0.29) is 24.0 Å². The molecule has 1 unspecified atom stereocenters. The topological polar surface area (TPSA) is 40.1 Å². The Morgan fingerprint density at radius 3 is 2.67 bits per heavy atom. The molecule has 27 heavy (non-hydrogen) atoms. The first kappa shape index (κ1) is 22.3. The van der Waals surface area contributed by atoms with E-state index >= 15 is 0 Å². The van der Waals surface area contributed by atoms with Gasteiger partial charge in [-0.1, -0.05) is 18.2 Å². The van der Waals surface area contributed by atoms with E-state index in [1.807, 2.05) is 0 Å². The summed E-state index contributed by atoms with van der Waals surface area (Å²) in [4.78, 5) is 9.82. The van der Waals surface area contributed by atoms with E-state index in [1.165, 1.54) is 11.3 Å². The first-order valence-corrected chi connectivity index (χ1v) is 10.2. The van der Waals surface area contributed by atoms with E-state index in [0.29, 0.717) is 12.1 Å². The minimum absolute atomic E-state index is 0. The second-order valence-corrected chi connectivity index (χ2v) is 7.25. The summed E-state index contributed by atoms with van der Waals surface area (Å²) in [6, 6.07) is 9.34. The minimum atomic E-state index is 0. The van der Waals surface area contributed by atoms with Gasteiger partial charge in [-0.3, -0.25) is 4.99 Å². The number of ether oxygens (including phenoxy) is 1. The van der Waals surface area contributed by atoms with Crippen LogP contribution in [0.2, 0.25) is 0 Å². The van der Waals surface area contributed by atoms with Crippen LogP contribution >= 0.6 is 24.0 Å². The molecular formula is C21H35IN4O. The Bertz CT molecular complexity index is 602. The summed E-state index contributed by atoms with van der Waals surface area (Å²) in [6.07, 6.45) is 3.75. The van der Waals surface area contributed by atoms with E-state index in [0.717, 1.165) is 64.6 Å². The number of piperidine rings is 1. The lowest BCUT2D eigenvalue weighted by Crippen LogP contribution is -2.47. The molecule has 6 heteroatoms. The van der Waals surface area contributed by atoms with Gasteiger partial charge in [-0.25, -0.2) is 0 Å². The summed E-state index contributed by atoms with van der Waals surface area (Å²) in [7, 11) is 0. The highest BCUT2D eigenvalue weighted by Gasteiger charge is 2.25. The number of guanidine groups is 1. The normalized spacial score (nSPS) is 20.4. The van der Waals surface area contributed by atoms with Crippen molar-refractivity contribution in [1.82, 2.24) is 10.2 Å². The SMILES string of the molecule is CCNC(=NCCN1c2ccccc2CC1C)N1CCC(OCC)CC1.I. The van der Waals surface area contributed by atoms with Gasteiger partial charge in [0.25, 0.3) is 0 Å². The number of para-hydroxylation sites is 1. The Balaban J connectivity index is 0.00000261. The maximum absolute atomic E-state index is 5.77. The molecule has 1 aromatic rings. The largest absolute Gasteiger partial charge is 0.378 e. The number of halogens is 1. The molecule has 0 bridgehead atoms. The Hall–Kier alpha value is -1.02. The molecular weight excluding hydrogens is 451 g/mol. The summed E-state index contributed by atoms with van der Waals surface area (Å²) in [5, 5.41) is 3.47. The van der Waals surface area contributed by atoms with Crippen LogP contribution in [0.25, 0.3) is 0 Å². The van der Waals surface area contributed by atoms with Gasteiger partial charge in [-0.2, -0.15) is 0 Å². The van der Waals surface area contributed by atoms with Crippen molar-refractivity contribution in [2.24, 2.45) is 4.99 Å². The van der Waals surface area contributed by atoms with Crippen LogP contribution in [0, 0.1) is 0 Å². The molecule has 2 aliphatic heterocycles. The summed E-state index contributed by atoms with van der Waals surface area (Å²) >= 11 is 0. The van der Waals surface area contributed by atoms with Gasteiger partial charge >= 0.3 is 0 Å². The average molecular weight is 486 g/mol. The third kappa shape index (κ3) is 5.73. The lowest BCUT2D eigenvalue weighted by molar-refractivity contribution is 0.0264. The Kier molecular flexibility index (Phi) is 9.15. The third-order valence-corrected chi connectivity index (χ3v) is 5.43. The van der Waals surface area contributed by atoms with Crippen LogP contribution < -0.4 is 10.2 Å². The molecule has 1 saturated heterocycles. The predicted molar refractivity (Wildman–Crippen MR) is 125 cm³/mol. The highest BCUT2D eigenvalue weighted by Crippen LogP contribution is 2.31. The van der Waals surface area contributed by atoms with Crippen molar-refractivity contribution >= 4 is 35.6 Å². The molecule has 1 aromatic carbocycles. The summed E-state index contributed by atoms with van der Waals surface area (Å²) in [6.45, 7) is 12.1. The molecule has 5 nitrogen and oxygen atoms in total. The smallest absolute Gasteiger partial charge is 0.193 e. The fourth-order valence-corrected chi connectivity index (χ4v) is 4.13. The minimum Gasteiger partial charge on any atom is -0.378 e. The van der Waals surface area contributed by atoms with Gasteiger partial charge in [0.1, 0.15) is 0 Å². The number of aliphatic imine (C=N–C) groups is 1. The molecule has 0 aliphatic carbocycles. The van der Waals surface area contributed by atoms with Crippen LogP contribution in [0.15, 0.2) is 29.3 Å². The molecule has 0 spiro atoms. The predicted octanol–water partition coefficient (Wildman–Crippen LogP) is 3.52. The van der Waals surface area contributed by atoms with Crippen molar-refractivity contribution in [3.8, 4) is 0 Å². The molecule has 0 aromatic heterocycles. The Morgan fingerprint density at radius 2 is 1.96 bits per heavy atom. The molecule has 0 radical (unpaired) electrons. The third-order valence-electron chi connectivity index (χ3n) is 5.43.